The van der Waals surface area contributed by atoms with Crippen molar-refractivity contribution in [3.8, 4) is 5.75 Å². The molecule has 2 aromatic rings. The van der Waals surface area contributed by atoms with Crippen LogP contribution in [0.15, 0.2) is 47.6 Å². The van der Waals surface area contributed by atoms with Gasteiger partial charge in [-0.2, -0.15) is 4.31 Å². The number of aromatic nitrogens is 1. The SMILES string of the molecule is COc1cc(S(=O)(=O)N(C)Cc2cccnc2)ccc1N. The van der Waals surface area contributed by atoms with Crippen molar-refractivity contribution in [3.63, 3.8) is 0 Å². The van der Waals surface area contributed by atoms with Gasteiger partial charge in [-0.3, -0.25) is 4.98 Å². The number of nitrogens with zero attached hydrogens (tertiary/aromatic N) is 2. The van der Waals surface area contributed by atoms with Crippen molar-refractivity contribution in [2.24, 2.45) is 0 Å². The van der Waals surface area contributed by atoms with Crippen LogP contribution < -0.4 is 10.5 Å². The Morgan fingerprint density at radius 2 is 2.10 bits per heavy atom. The summed E-state index contributed by atoms with van der Waals surface area (Å²) in [6.45, 7) is 0.239. The summed E-state index contributed by atoms with van der Waals surface area (Å²) in [5.74, 6) is 0.339. The fraction of sp³-hybridized carbons (Fsp3) is 0.214. The molecular formula is C14H17N3O3S. The van der Waals surface area contributed by atoms with Crippen LogP contribution in [0, 0.1) is 0 Å². The smallest absolute Gasteiger partial charge is 0.243 e. The Morgan fingerprint density at radius 1 is 1.33 bits per heavy atom. The van der Waals surface area contributed by atoms with Crippen LogP contribution in [0.3, 0.4) is 0 Å². The molecule has 0 radical (unpaired) electrons. The van der Waals surface area contributed by atoms with Gasteiger partial charge in [-0.05, 0) is 23.8 Å². The molecule has 0 fully saturated rings. The number of rotatable bonds is 5. The predicted molar refractivity (Wildman–Crippen MR) is 80.3 cm³/mol. The van der Waals surface area contributed by atoms with Gasteiger partial charge in [-0.15, -0.1) is 0 Å². The van der Waals surface area contributed by atoms with E-state index in [1.165, 1.54) is 36.7 Å². The molecule has 0 saturated heterocycles. The van der Waals surface area contributed by atoms with Crippen LogP contribution in [0.25, 0.3) is 0 Å². The Bertz CT molecular complexity index is 717. The molecule has 6 nitrogen and oxygen atoms in total. The van der Waals surface area contributed by atoms with Crippen LogP contribution in [-0.4, -0.2) is 31.9 Å². The van der Waals surface area contributed by atoms with Crippen LogP contribution in [0.2, 0.25) is 0 Å². The zero-order valence-electron chi connectivity index (χ0n) is 11.9. The molecule has 0 atom stereocenters. The third kappa shape index (κ3) is 3.32. The van der Waals surface area contributed by atoms with E-state index in [0.29, 0.717) is 11.4 Å². The Kier molecular flexibility index (Phi) is 4.44. The zero-order chi connectivity index (χ0) is 15.5. The highest BCUT2D eigenvalue weighted by Gasteiger charge is 2.22. The van der Waals surface area contributed by atoms with Gasteiger partial charge in [0, 0.05) is 32.1 Å². The quantitative estimate of drug-likeness (QED) is 0.846. The first-order valence-corrected chi connectivity index (χ1v) is 7.68. The summed E-state index contributed by atoms with van der Waals surface area (Å²) in [4.78, 5) is 4.11. The fourth-order valence-corrected chi connectivity index (χ4v) is 3.04. The van der Waals surface area contributed by atoms with Gasteiger partial charge in [0.15, 0.2) is 0 Å². The highest BCUT2D eigenvalue weighted by atomic mass is 32.2. The number of benzene rings is 1. The molecule has 0 aliphatic rings. The molecule has 2 rings (SSSR count). The van der Waals surface area contributed by atoms with Crippen molar-refractivity contribution in [2.45, 2.75) is 11.4 Å². The van der Waals surface area contributed by atoms with E-state index in [1.54, 1.807) is 18.5 Å². The van der Waals surface area contributed by atoms with Crippen LogP contribution >= 0.6 is 0 Å². The molecular weight excluding hydrogens is 290 g/mol. The van der Waals surface area contributed by atoms with E-state index in [0.717, 1.165) is 5.56 Å². The first kappa shape index (κ1) is 15.3. The first-order chi connectivity index (χ1) is 9.95. The van der Waals surface area contributed by atoms with E-state index >= 15 is 0 Å². The molecule has 0 aliphatic carbocycles. The van der Waals surface area contributed by atoms with Gasteiger partial charge in [0.05, 0.1) is 17.7 Å². The Morgan fingerprint density at radius 3 is 2.71 bits per heavy atom. The summed E-state index contributed by atoms with van der Waals surface area (Å²) < 4.78 is 31.4. The summed E-state index contributed by atoms with van der Waals surface area (Å²) in [6.07, 6.45) is 3.28. The maximum Gasteiger partial charge on any atom is 0.243 e. The maximum atomic E-state index is 12.5. The van der Waals surface area contributed by atoms with Crippen molar-refractivity contribution < 1.29 is 13.2 Å². The number of methoxy groups -OCH3 is 1. The maximum absolute atomic E-state index is 12.5. The second-order valence-electron chi connectivity index (χ2n) is 4.53. The van der Waals surface area contributed by atoms with Gasteiger partial charge in [0.25, 0.3) is 0 Å². The van der Waals surface area contributed by atoms with Crippen LogP contribution in [0.4, 0.5) is 5.69 Å². The van der Waals surface area contributed by atoms with E-state index in [-0.39, 0.29) is 11.4 Å². The van der Waals surface area contributed by atoms with Crippen molar-refractivity contribution in [1.29, 1.82) is 0 Å². The van der Waals surface area contributed by atoms with Gasteiger partial charge < -0.3 is 10.5 Å². The van der Waals surface area contributed by atoms with Crippen molar-refractivity contribution in [2.75, 3.05) is 19.9 Å². The molecule has 7 heteroatoms. The lowest BCUT2D eigenvalue weighted by Gasteiger charge is -2.18. The summed E-state index contributed by atoms with van der Waals surface area (Å²) >= 11 is 0. The predicted octanol–water partition coefficient (Wildman–Crippen LogP) is 1.49. The van der Waals surface area contributed by atoms with Crippen molar-refractivity contribution in [1.82, 2.24) is 9.29 Å². The highest BCUT2D eigenvalue weighted by Crippen LogP contribution is 2.26. The van der Waals surface area contributed by atoms with E-state index < -0.39 is 10.0 Å². The monoisotopic (exact) mass is 307 g/mol. The van der Waals surface area contributed by atoms with Crippen molar-refractivity contribution >= 4 is 15.7 Å². The minimum absolute atomic E-state index is 0.139. The van der Waals surface area contributed by atoms with Crippen LogP contribution in [0.1, 0.15) is 5.56 Å². The van der Waals surface area contributed by atoms with Gasteiger partial charge in [0.1, 0.15) is 5.75 Å². The number of hydrogen-bond acceptors (Lipinski definition) is 5. The lowest BCUT2D eigenvalue weighted by molar-refractivity contribution is 0.414. The number of hydrogen-bond donors (Lipinski definition) is 1. The average Bonchev–Trinajstić information content (AvgIpc) is 2.48. The normalized spacial score (nSPS) is 11.6. The van der Waals surface area contributed by atoms with Gasteiger partial charge in [0.2, 0.25) is 10.0 Å². The summed E-state index contributed by atoms with van der Waals surface area (Å²) in [5.41, 5.74) is 6.91. The molecule has 1 heterocycles. The molecule has 0 spiro atoms. The molecule has 1 aromatic carbocycles. The molecule has 0 aliphatic heterocycles. The zero-order valence-corrected chi connectivity index (χ0v) is 12.7. The topological polar surface area (TPSA) is 85.5 Å². The number of pyridine rings is 1. The highest BCUT2D eigenvalue weighted by molar-refractivity contribution is 7.89. The third-order valence-electron chi connectivity index (χ3n) is 3.04. The molecule has 21 heavy (non-hydrogen) atoms. The van der Waals surface area contributed by atoms with E-state index in [1.807, 2.05) is 6.07 Å². The number of ether oxygens (including phenoxy) is 1. The number of nitrogen functional groups attached to an aromatic ring is 1. The minimum atomic E-state index is -3.62. The van der Waals surface area contributed by atoms with Crippen molar-refractivity contribution in [3.05, 3.63) is 48.3 Å². The van der Waals surface area contributed by atoms with Gasteiger partial charge in [-0.25, -0.2) is 8.42 Å². The number of nitrogens with two attached hydrogens (primary N) is 1. The molecule has 0 saturated carbocycles. The minimum Gasteiger partial charge on any atom is -0.495 e. The molecule has 0 unspecified atom stereocenters. The van der Waals surface area contributed by atoms with Gasteiger partial charge >= 0.3 is 0 Å². The summed E-state index contributed by atoms with van der Waals surface area (Å²) in [5, 5.41) is 0. The lowest BCUT2D eigenvalue weighted by atomic mass is 10.3. The molecule has 2 N–H and O–H groups in total. The number of sulfonamides is 1. The third-order valence-corrected chi connectivity index (χ3v) is 4.84. The summed E-state index contributed by atoms with van der Waals surface area (Å²) in [7, 11) is -0.652. The Hall–Kier alpha value is -2.12. The fourth-order valence-electron chi connectivity index (χ4n) is 1.87. The van der Waals surface area contributed by atoms with Crippen LogP contribution in [0.5, 0.6) is 5.75 Å². The molecule has 0 bridgehead atoms. The first-order valence-electron chi connectivity index (χ1n) is 6.24. The molecule has 0 amide bonds. The average molecular weight is 307 g/mol. The Labute approximate surface area is 124 Å². The molecule has 1 aromatic heterocycles. The van der Waals surface area contributed by atoms with Gasteiger partial charge in [-0.1, -0.05) is 6.07 Å². The second-order valence-corrected chi connectivity index (χ2v) is 6.57. The van der Waals surface area contributed by atoms with Crippen LogP contribution in [-0.2, 0) is 16.6 Å². The number of anilines is 1. The second kappa shape index (κ2) is 6.11. The standard InChI is InChI=1S/C14H17N3O3S/c1-17(10-11-4-3-7-16-9-11)21(18,19)12-5-6-13(15)14(8-12)20-2/h3-9H,10,15H2,1-2H3. The Balaban J connectivity index is 2.29. The largest absolute Gasteiger partial charge is 0.495 e. The summed E-state index contributed by atoms with van der Waals surface area (Å²) in [6, 6.07) is 7.99. The molecule has 112 valence electrons. The lowest BCUT2D eigenvalue weighted by Crippen LogP contribution is -2.26. The van der Waals surface area contributed by atoms with E-state index in [2.05, 4.69) is 4.98 Å². The van der Waals surface area contributed by atoms with E-state index in [4.69, 9.17) is 10.5 Å². The van der Waals surface area contributed by atoms with E-state index in [9.17, 15) is 8.42 Å².